The van der Waals surface area contributed by atoms with Crippen LogP contribution >= 0.6 is 0 Å². The van der Waals surface area contributed by atoms with Crippen molar-refractivity contribution in [1.29, 1.82) is 0 Å². The lowest BCUT2D eigenvalue weighted by molar-refractivity contribution is -0.157. The number of carboxylic acid groups (broad SMARTS) is 1. The van der Waals surface area contributed by atoms with Gasteiger partial charge in [0.05, 0.1) is 31.4 Å². The summed E-state index contributed by atoms with van der Waals surface area (Å²) in [5.41, 5.74) is 1.65. The van der Waals surface area contributed by atoms with Gasteiger partial charge in [-0.1, -0.05) is 6.92 Å². The topological polar surface area (TPSA) is 111 Å². The van der Waals surface area contributed by atoms with Crippen molar-refractivity contribution in [2.45, 2.75) is 38.9 Å². The number of aliphatic carboxylic acids is 1. The molecule has 24 heavy (non-hydrogen) atoms. The van der Waals surface area contributed by atoms with Crippen LogP contribution in [0.3, 0.4) is 0 Å². The summed E-state index contributed by atoms with van der Waals surface area (Å²) >= 11 is 0. The normalized spacial score (nSPS) is 16.6. The molecular formula is C15H21N3O6. The zero-order valence-corrected chi connectivity index (χ0v) is 13.7. The highest BCUT2D eigenvalue weighted by atomic mass is 16.5. The molecule has 0 spiro atoms. The molecule has 1 aromatic rings. The first-order chi connectivity index (χ1) is 11.5. The number of imidazole rings is 1. The fourth-order valence-corrected chi connectivity index (χ4v) is 2.72. The Kier molecular flexibility index (Phi) is 5.91. The highest BCUT2D eigenvalue weighted by Crippen LogP contribution is 2.24. The maximum atomic E-state index is 12.4. The zero-order chi connectivity index (χ0) is 17.7. The van der Waals surface area contributed by atoms with E-state index in [0.29, 0.717) is 0 Å². The molecule has 1 atom stereocenters. The molecule has 1 aliphatic rings. The van der Waals surface area contributed by atoms with Gasteiger partial charge in [0, 0.05) is 13.0 Å². The number of aromatic nitrogens is 2. The number of esters is 1. The molecule has 132 valence electrons. The fraction of sp³-hybridized carbons (Fsp3) is 0.600. The Bertz CT molecular complexity index is 627. The summed E-state index contributed by atoms with van der Waals surface area (Å²) in [5.74, 6) is -2.15. The molecule has 1 aromatic heterocycles. The number of aryl methyl sites for hydroxylation is 1. The third-order valence-electron chi connectivity index (χ3n) is 3.82. The van der Waals surface area contributed by atoms with Gasteiger partial charge in [-0.2, -0.15) is 0 Å². The average molecular weight is 339 g/mol. The number of methoxy groups -OCH3 is 1. The Morgan fingerprint density at radius 3 is 2.75 bits per heavy atom. The maximum Gasteiger partial charge on any atom is 0.329 e. The van der Waals surface area contributed by atoms with E-state index in [2.05, 4.69) is 4.98 Å². The van der Waals surface area contributed by atoms with Crippen LogP contribution in [0.2, 0.25) is 0 Å². The number of carbonyl (C=O) groups excluding carboxylic acids is 2. The number of hydrogen-bond donors (Lipinski definition) is 1. The van der Waals surface area contributed by atoms with Gasteiger partial charge >= 0.3 is 11.9 Å². The van der Waals surface area contributed by atoms with Gasteiger partial charge in [0.1, 0.15) is 19.3 Å². The van der Waals surface area contributed by atoms with Crippen LogP contribution in [-0.4, -0.2) is 63.8 Å². The van der Waals surface area contributed by atoms with Crippen LogP contribution < -0.4 is 0 Å². The summed E-state index contributed by atoms with van der Waals surface area (Å²) < 4.78 is 11.6. The number of rotatable bonds is 7. The van der Waals surface area contributed by atoms with Gasteiger partial charge in [0.15, 0.2) is 0 Å². The molecule has 2 heterocycles. The van der Waals surface area contributed by atoms with Gasteiger partial charge in [-0.3, -0.25) is 4.79 Å². The lowest BCUT2D eigenvalue weighted by Gasteiger charge is -2.33. The number of carboxylic acids is 1. The van der Waals surface area contributed by atoms with Crippen molar-refractivity contribution in [3.05, 3.63) is 17.7 Å². The SMILES string of the molecule is CCCn1cnc2c1CN(C(=O)COCC(=O)O)C(C(=O)OC)C2. The number of amides is 1. The van der Waals surface area contributed by atoms with E-state index in [9.17, 15) is 14.4 Å². The van der Waals surface area contributed by atoms with Gasteiger partial charge in [-0.15, -0.1) is 0 Å². The van der Waals surface area contributed by atoms with E-state index in [-0.39, 0.29) is 13.0 Å². The molecular weight excluding hydrogens is 318 g/mol. The molecule has 0 saturated heterocycles. The highest BCUT2D eigenvalue weighted by Gasteiger charge is 2.37. The number of nitrogens with zero attached hydrogens (tertiary/aromatic N) is 3. The van der Waals surface area contributed by atoms with Crippen LogP contribution in [-0.2, 0) is 43.4 Å². The van der Waals surface area contributed by atoms with Gasteiger partial charge in [0.25, 0.3) is 0 Å². The minimum atomic E-state index is -1.16. The van der Waals surface area contributed by atoms with E-state index < -0.39 is 37.1 Å². The van der Waals surface area contributed by atoms with Crippen molar-refractivity contribution in [2.75, 3.05) is 20.3 Å². The molecule has 1 unspecified atom stereocenters. The standard InChI is InChI=1S/C15H21N3O6/c1-3-4-17-9-16-10-5-11(15(22)23-2)18(6-12(10)17)13(19)7-24-8-14(20)21/h9,11H,3-8H2,1-2H3,(H,20,21). The first-order valence-electron chi connectivity index (χ1n) is 7.67. The summed E-state index contributed by atoms with van der Waals surface area (Å²) in [4.78, 5) is 40.6. The second-order valence-corrected chi connectivity index (χ2v) is 5.48. The average Bonchev–Trinajstić information content (AvgIpc) is 2.95. The minimum absolute atomic E-state index is 0.213. The Hall–Kier alpha value is -2.42. The third-order valence-corrected chi connectivity index (χ3v) is 3.82. The van der Waals surface area contributed by atoms with E-state index in [4.69, 9.17) is 14.6 Å². The highest BCUT2D eigenvalue weighted by molar-refractivity contribution is 5.86. The van der Waals surface area contributed by atoms with Gasteiger partial charge < -0.3 is 24.0 Å². The van der Waals surface area contributed by atoms with Crippen molar-refractivity contribution in [3.63, 3.8) is 0 Å². The van der Waals surface area contributed by atoms with E-state index in [0.717, 1.165) is 24.4 Å². The molecule has 0 bridgehead atoms. The van der Waals surface area contributed by atoms with E-state index >= 15 is 0 Å². The Balaban J connectivity index is 2.18. The molecule has 9 heteroatoms. The van der Waals surface area contributed by atoms with Crippen LogP contribution in [0, 0.1) is 0 Å². The number of ether oxygens (including phenoxy) is 2. The van der Waals surface area contributed by atoms with Crippen molar-refractivity contribution in [3.8, 4) is 0 Å². The molecule has 0 aliphatic carbocycles. The minimum Gasteiger partial charge on any atom is -0.480 e. The summed E-state index contributed by atoms with van der Waals surface area (Å²) in [6.45, 7) is 2.04. The lowest BCUT2D eigenvalue weighted by atomic mass is 10.0. The number of carbonyl (C=O) groups is 3. The molecule has 1 aliphatic heterocycles. The second kappa shape index (κ2) is 7.91. The quantitative estimate of drug-likeness (QED) is 0.686. The molecule has 1 N–H and O–H groups in total. The maximum absolute atomic E-state index is 12.4. The Morgan fingerprint density at radius 1 is 1.38 bits per heavy atom. The fourth-order valence-electron chi connectivity index (χ4n) is 2.72. The monoisotopic (exact) mass is 339 g/mol. The third kappa shape index (κ3) is 3.91. The van der Waals surface area contributed by atoms with Crippen LogP contribution in [0.1, 0.15) is 24.7 Å². The number of fused-ring (bicyclic) bond motifs is 1. The van der Waals surface area contributed by atoms with E-state index in [1.165, 1.54) is 12.0 Å². The van der Waals surface area contributed by atoms with Crippen LogP contribution in [0.25, 0.3) is 0 Å². The molecule has 0 aromatic carbocycles. The first kappa shape index (κ1) is 17.9. The molecule has 2 rings (SSSR count). The van der Waals surface area contributed by atoms with Crippen LogP contribution in [0.15, 0.2) is 6.33 Å². The molecule has 1 amide bonds. The van der Waals surface area contributed by atoms with Crippen molar-refractivity contribution in [1.82, 2.24) is 14.5 Å². The molecule has 0 fully saturated rings. The Labute approximate surface area is 139 Å². The lowest BCUT2D eigenvalue weighted by Crippen LogP contribution is -2.50. The molecule has 0 saturated carbocycles. The van der Waals surface area contributed by atoms with Crippen LogP contribution in [0.5, 0.6) is 0 Å². The van der Waals surface area contributed by atoms with Gasteiger partial charge in [0.2, 0.25) is 5.91 Å². The molecule has 0 radical (unpaired) electrons. The van der Waals surface area contributed by atoms with Gasteiger partial charge in [-0.25, -0.2) is 14.6 Å². The van der Waals surface area contributed by atoms with Gasteiger partial charge in [-0.05, 0) is 6.42 Å². The number of hydrogen-bond acceptors (Lipinski definition) is 6. The smallest absolute Gasteiger partial charge is 0.329 e. The van der Waals surface area contributed by atoms with E-state index in [1.54, 1.807) is 6.33 Å². The predicted octanol–water partition coefficient (Wildman–Crippen LogP) is -0.179. The Morgan fingerprint density at radius 2 is 2.12 bits per heavy atom. The van der Waals surface area contributed by atoms with E-state index in [1.807, 2.05) is 11.5 Å². The summed E-state index contributed by atoms with van der Waals surface area (Å²) in [7, 11) is 1.26. The molecule has 9 nitrogen and oxygen atoms in total. The van der Waals surface area contributed by atoms with Crippen molar-refractivity contribution < 1.29 is 29.0 Å². The van der Waals surface area contributed by atoms with Crippen molar-refractivity contribution in [2.24, 2.45) is 0 Å². The second-order valence-electron chi connectivity index (χ2n) is 5.48. The summed E-state index contributed by atoms with van der Waals surface area (Å²) in [5, 5.41) is 8.58. The first-order valence-corrected chi connectivity index (χ1v) is 7.67. The summed E-state index contributed by atoms with van der Waals surface area (Å²) in [6.07, 6.45) is 2.89. The predicted molar refractivity (Wildman–Crippen MR) is 81.0 cm³/mol. The van der Waals surface area contributed by atoms with Crippen LogP contribution in [0.4, 0.5) is 0 Å². The largest absolute Gasteiger partial charge is 0.480 e. The van der Waals surface area contributed by atoms with Crippen molar-refractivity contribution >= 4 is 17.8 Å². The summed E-state index contributed by atoms with van der Waals surface area (Å²) in [6, 6.07) is -0.784. The zero-order valence-electron chi connectivity index (χ0n) is 13.7.